The van der Waals surface area contributed by atoms with Crippen LogP contribution in [0.1, 0.15) is 35.0 Å². The maximum atomic E-state index is 13.5. The minimum Gasteiger partial charge on any atom is -0.375 e. The first-order chi connectivity index (χ1) is 15.6. The van der Waals surface area contributed by atoms with Crippen LogP contribution in [0.4, 0.5) is 4.39 Å². The van der Waals surface area contributed by atoms with E-state index in [2.05, 4.69) is 41.6 Å². The van der Waals surface area contributed by atoms with Gasteiger partial charge in [-0.3, -0.25) is 4.98 Å². The Kier molecular flexibility index (Phi) is 5.58. The summed E-state index contributed by atoms with van der Waals surface area (Å²) in [7, 11) is 0. The van der Waals surface area contributed by atoms with Gasteiger partial charge in [0.25, 0.3) is 0 Å². The molecule has 4 aromatic rings. The van der Waals surface area contributed by atoms with Crippen LogP contribution in [0, 0.1) is 19.7 Å². The van der Waals surface area contributed by atoms with Crippen molar-refractivity contribution in [2.75, 3.05) is 6.61 Å². The molecule has 1 atom stereocenters. The summed E-state index contributed by atoms with van der Waals surface area (Å²) in [5, 5.41) is 0. The molecule has 1 aliphatic rings. The van der Waals surface area contributed by atoms with Gasteiger partial charge in [0, 0.05) is 29.9 Å². The Morgan fingerprint density at radius 1 is 0.969 bits per heavy atom. The average molecular weight is 428 g/mol. The van der Waals surface area contributed by atoms with Crippen molar-refractivity contribution in [1.82, 2.24) is 14.5 Å². The van der Waals surface area contributed by atoms with E-state index in [1.807, 2.05) is 12.1 Å². The summed E-state index contributed by atoms with van der Waals surface area (Å²) in [6, 6.07) is 17.3. The van der Waals surface area contributed by atoms with Gasteiger partial charge >= 0.3 is 0 Å². The Morgan fingerprint density at radius 3 is 2.50 bits per heavy atom. The minimum absolute atomic E-state index is 0.210. The van der Waals surface area contributed by atoms with E-state index in [4.69, 9.17) is 9.72 Å². The number of aryl methyl sites for hydroxylation is 3. The van der Waals surface area contributed by atoms with Gasteiger partial charge in [-0.25, -0.2) is 9.37 Å². The van der Waals surface area contributed by atoms with Crippen molar-refractivity contribution in [2.24, 2.45) is 0 Å². The van der Waals surface area contributed by atoms with Crippen LogP contribution in [0.2, 0.25) is 0 Å². The number of imidazole rings is 1. The summed E-state index contributed by atoms with van der Waals surface area (Å²) in [6.07, 6.45) is 5.49. The molecule has 0 radical (unpaired) electrons. The first-order valence-corrected chi connectivity index (χ1v) is 11.0. The van der Waals surface area contributed by atoms with Gasteiger partial charge in [0.2, 0.25) is 0 Å². The van der Waals surface area contributed by atoms with Crippen molar-refractivity contribution in [3.63, 3.8) is 0 Å². The van der Waals surface area contributed by atoms with E-state index in [1.54, 1.807) is 24.5 Å². The predicted molar refractivity (Wildman–Crippen MR) is 124 cm³/mol. The lowest BCUT2D eigenvalue weighted by molar-refractivity contribution is 0.0924. The predicted octanol–water partition coefficient (Wildman–Crippen LogP) is 6.07. The maximum Gasteiger partial charge on any atom is 0.123 e. The molecule has 0 N–H and O–H groups in total. The lowest BCUT2D eigenvalue weighted by Crippen LogP contribution is -2.13. The van der Waals surface area contributed by atoms with E-state index < -0.39 is 0 Å². The number of benzene rings is 2. The van der Waals surface area contributed by atoms with E-state index in [9.17, 15) is 4.39 Å². The standard InChI is InChI=1S/C27H26FN3O/c1-18-3-4-20(15-19(18)2)16-32-17-24-9-10-25-30-26(21-5-7-23(28)8-6-21)27(31(24)25)22-11-13-29-14-12-22/h3-8,11-15,24H,9-10,16-17H2,1-2H3/t24-/m0/s1. The first kappa shape index (κ1) is 20.6. The van der Waals surface area contributed by atoms with E-state index in [0.717, 1.165) is 41.2 Å². The third-order valence-electron chi connectivity index (χ3n) is 6.27. The summed E-state index contributed by atoms with van der Waals surface area (Å²) < 4.78 is 22.0. The molecule has 0 bridgehead atoms. The monoisotopic (exact) mass is 427 g/mol. The van der Waals surface area contributed by atoms with Gasteiger partial charge in [0.05, 0.1) is 30.6 Å². The largest absolute Gasteiger partial charge is 0.375 e. The number of aromatic nitrogens is 3. The Morgan fingerprint density at radius 2 is 1.75 bits per heavy atom. The zero-order valence-corrected chi connectivity index (χ0v) is 18.4. The van der Waals surface area contributed by atoms with E-state index in [0.29, 0.717) is 13.2 Å². The van der Waals surface area contributed by atoms with Crippen LogP contribution >= 0.6 is 0 Å². The number of halogens is 1. The Hall–Kier alpha value is -3.31. The topological polar surface area (TPSA) is 39.9 Å². The highest BCUT2D eigenvalue weighted by Crippen LogP contribution is 2.39. The molecule has 0 aliphatic carbocycles. The fourth-order valence-corrected chi connectivity index (χ4v) is 4.43. The second-order valence-corrected chi connectivity index (χ2v) is 8.46. The molecule has 0 fully saturated rings. The molecule has 3 heterocycles. The number of fused-ring (bicyclic) bond motifs is 1. The molecule has 5 heteroatoms. The van der Waals surface area contributed by atoms with Crippen molar-refractivity contribution in [2.45, 2.75) is 39.3 Å². The summed E-state index contributed by atoms with van der Waals surface area (Å²) >= 11 is 0. The molecule has 2 aromatic carbocycles. The third-order valence-corrected chi connectivity index (χ3v) is 6.27. The number of hydrogen-bond donors (Lipinski definition) is 0. The van der Waals surface area contributed by atoms with Crippen LogP contribution in [-0.4, -0.2) is 21.1 Å². The number of hydrogen-bond acceptors (Lipinski definition) is 3. The summed E-state index contributed by atoms with van der Waals surface area (Å²) in [4.78, 5) is 9.14. The fourth-order valence-electron chi connectivity index (χ4n) is 4.43. The zero-order chi connectivity index (χ0) is 22.1. The van der Waals surface area contributed by atoms with Gasteiger partial charge in [-0.05, 0) is 73.4 Å². The van der Waals surface area contributed by atoms with Crippen LogP contribution in [0.5, 0.6) is 0 Å². The molecule has 5 rings (SSSR count). The number of nitrogens with zero attached hydrogens (tertiary/aromatic N) is 3. The molecule has 1 aliphatic heterocycles. The minimum atomic E-state index is -0.247. The van der Waals surface area contributed by atoms with E-state index >= 15 is 0 Å². The van der Waals surface area contributed by atoms with E-state index in [1.165, 1.54) is 28.8 Å². The van der Waals surface area contributed by atoms with Crippen molar-refractivity contribution >= 4 is 0 Å². The van der Waals surface area contributed by atoms with Crippen LogP contribution in [-0.2, 0) is 17.8 Å². The third kappa shape index (κ3) is 3.96. The number of pyridine rings is 1. The maximum absolute atomic E-state index is 13.5. The van der Waals surface area contributed by atoms with Crippen molar-refractivity contribution in [1.29, 1.82) is 0 Å². The summed E-state index contributed by atoms with van der Waals surface area (Å²) in [5.74, 6) is 0.805. The van der Waals surface area contributed by atoms with Gasteiger partial charge in [-0.1, -0.05) is 18.2 Å². The van der Waals surface area contributed by atoms with Gasteiger partial charge in [-0.2, -0.15) is 0 Å². The smallest absolute Gasteiger partial charge is 0.123 e. The summed E-state index contributed by atoms with van der Waals surface area (Å²) in [5.41, 5.74) is 7.67. The van der Waals surface area contributed by atoms with Gasteiger partial charge < -0.3 is 9.30 Å². The Bertz CT molecular complexity index is 1230. The van der Waals surface area contributed by atoms with E-state index in [-0.39, 0.29) is 11.9 Å². The molecule has 4 nitrogen and oxygen atoms in total. The van der Waals surface area contributed by atoms with Crippen molar-refractivity contribution < 1.29 is 9.13 Å². The quantitative estimate of drug-likeness (QED) is 0.375. The highest BCUT2D eigenvalue weighted by molar-refractivity contribution is 5.79. The first-order valence-electron chi connectivity index (χ1n) is 11.0. The van der Waals surface area contributed by atoms with Gasteiger partial charge in [0.15, 0.2) is 0 Å². The number of rotatable bonds is 6. The Labute approximate surface area is 187 Å². The molecule has 162 valence electrons. The van der Waals surface area contributed by atoms with Crippen molar-refractivity contribution in [3.8, 4) is 22.5 Å². The molecule has 0 saturated carbocycles. The lowest BCUT2D eigenvalue weighted by atomic mass is 10.0. The zero-order valence-electron chi connectivity index (χ0n) is 18.4. The highest BCUT2D eigenvalue weighted by atomic mass is 19.1. The second kappa shape index (κ2) is 8.67. The molecule has 2 aromatic heterocycles. The molecular formula is C27H26FN3O. The Balaban J connectivity index is 1.45. The van der Waals surface area contributed by atoms with Crippen LogP contribution < -0.4 is 0 Å². The molecule has 0 saturated heterocycles. The number of ether oxygens (including phenoxy) is 1. The second-order valence-electron chi connectivity index (χ2n) is 8.46. The average Bonchev–Trinajstić information content (AvgIpc) is 3.37. The highest BCUT2D eigenvalue weighted by Gasteiger charge is 2.30. The molecule has 0 spiro atoms. The van der Waals surface area contributed by atoms with Gasteiger partial charge in [0.1, 0.15) is 11.6 Å². The van der Waals surface area contributed by atoms with Crippen molar-refractivity contribution in [3.05, 3.63) is 95.3 Å². The van der Waals surface area contributed by atoms with Gasteiger partial charge in [-0.15, -0.1) is 0 Å². The van der Waals surface area contributed by atoms with Crippen LogP contribution in [0.25, 0.3) is 22.5 Å². The lowest BCUT2D eigenvalue weighted by Gasteiger charge is -2.18. The molecule has 32 heavy (non-hydrogen) atoms. The molecule has 0 amide bonds. The van der Waals surface area contributed by atoms with Crippen LogP contribution in [0.15, 0.2) is 67.0 Å². The molecular weight excluding hydrogens is 401 g/mol. The fraction of sp³-hybridized carbons (Fsp3) is 0.259. The summed E-state index contributed by atoms with van der Waals surface area (Å²) in [6.45, 7) is 5.47. The SMILES string of the molecule is Cc1ccc(COC[C@@H]2CCc3nc(-c4ccc(F)cc4)c(-c4ccncc4)n32)cc1C. The molecule has 0 unspecified atom stereocenters. The normalized spacial score (nSPS) is 15.2. The van der Waals surface area contributed by atoms with Crippen LogP contribution in [0.3, 0.4) is 0 Å².